The van der Waals surface area contributed by atoms with Crippen LogP contribution in [0, 0.1) is 0 Å². The van der Waals surface area contributed by atoms with Crippen molar-refractivity contribution in [2.45, 2.75) is 19.1 Å². The molecule has 0 aliphatic carbocycles. The third-order valence-electron chi connectivity index (χ3n) is 2.62. The van der Waals surface area contributed by atoms with Crippen molar-refractivity contribution in [3.8, 4) is 0 Å². The van der Waals surface area contributed by atoms with E-state index in [9.17, 15) is 18.0 Å². The molecule has 1 aromatic heterocycles. The molecule has 0 saturated heterocycles. The van der Waals surface area contributed by atoms with Crippen LogP contribution in [0.1, 0.15) is 12.6 Å². The first kappa shape index (κ1) is 17.0. The lowest BCUT2D eigenvalue weighted by Crippen LogP contribution is -2.37. The van der Waals surface area contributed by atoms with Crippen LogP contribution in [0.3, 0.4) is 0 Å². The first-order chi connectivity index (χ1) is 9.52. The van der Waals surface area contributed by atoms with E-state index < -0.39 is 17.9 Å². The summed E-state index contributed by atoms with van der Waals surface area (Å²) in [6, 6.07) is 0.113. The Balaban J connectivity index is 3.12. The Bertz CT molecular complexity index is 516. The van der Waals surface area contributed by atoms with Crippen LogP contribution in [0.15, 0.2) is 6.07 Å². The van der Waals surface area contributed by atoms with Crippen LogP contribution in [0.2, 0.25) is 0 Å². The standard InChI is InChI=1S/C12H18F3N5O/c1-7(10(21)20(4)5)16-11-17-8(12(13,14)15)6-9(18-11)19(2)3/h6-7H,1-5H3,(H,16,17,18)/t7-/m0/s1. The number of nitrogens with zero attached hydrogens (tertiary/aromatic N) is 4. The molecule has 0 unspecified atom stereocenters. The molecule has 118 valence electrons. The SMILES string of the molecule is C[C@H](Nc1nc(N(C)C)cc(C(F)(F)F)n1)C(=O)N(C)C. The molecule has 9 heteroatoms. The van der Waals surface area contributed by atoms with Crippen LogP contribution in [-0.2, 0) is 11.0 Å². The minimum atomic E-state index is -4.58. The maximum atomic E-state index is 12.8. The van der Waals surface area contributed by atoms with E-state index in [1.54, 1.807) is 28.2 Å². The Morgan fingerprint density at radius 3 is 2.24 bits per heavy atom. The molecule has 1 atom stereocenters. The second-order valence-electron chi connectivity index (χ2n) is 4.93. The molecule has 0 aliphatic rings. The summed E-state index contributed by atoms with van der Waals surface area (Å²) in [4.78, 5) is 21.9. The highest BCUT2D eigenvalue weighted by Crippen LogP contribution is 2.30. The number of aromatic nitrogens is 2. The summed E-state index contributed by atoms with van der Waals surface area (Å²) in [6.07, 6.45) is -4.58. The molecular weight excluding hydrogens is 287 g/mol. The molecule has 0 saturated carbocycles. The fourth-order valence-electron chi connectivity index (χ4n) is 1.52. The summed E-state index contributed by atoms with van der Waals surface area (Å²) >= 11 is 0. The summed E-state index contributed by atoms with van der Waals surface area (Å²) in [7, 11) is 6.25. The Morgan fingerprint density at radius 2 is 1.81 bits per heavy atom. The predicted octanol–water partition coefficient (Wildman–Crippen LogP) is 1.45. The van der Waals surface area contributed by atoms with Crippen LogP contribution >= 0.6 is 0 Å². The number of likely N-dealkylation sites (N-methyl/N-ethyl adjacent to an activating group) is 1. The molecule has 0 aromatic carbocycles. The number of amides is 1. The average Bonchev–Trinajstić information content (AvgIpc) is 2.36. The van der Waals surface area contributed by atoms with Crippen LogP contribution in [0.25, 0.3) is 0 Å². The Morgan fingerprint density at radius 1 is 1.24 bits per heavy atom. The van der Waals surface area contributed by atoms with Crippen LogP contribution < -0.4 is 10.2 Å². The lowest BCUT2D eigenvalue weighted by atomic mass is 10.3. The van der Waals surface area contributed by atoms with Gasteiger partial charge in [-0.3, -0.25) is 4.79 Å². The summed E-state index contributed by atoms with van der Waals surface area (Å²) in [5, 5.41) is 2.59. The van der Waals surface area contributed by atoms with Gasteiger partial charge in [0.15, 0.2) is 5.69 Å². The van der Waals surface area contributed by atoms with E-state index in [4.69, 9.17) is 0 Å². The Labute approximate surface area is 121 Å². The van der Waals surface area contributed by atoms with E-state index in [2.05, 4.69) is 15.3 Å². The molecule has 21 heavy (non-hydrogen) atoms. The molecule has 1 N–H and O–H groups in total. The van der Waals surface area contributed by atoms with Crippen molar-refractivity contribution in [1.82, 2.24) is 14.9 Å². The largest absolute Gasteiger partial charge is 0.433 e. The smallest absolute Gasteiger partial charge is 0.363 e. The maximum Gasteiger partial charge on any atom is 0.433 e. The second-order valence-corrected chi connectivity index (χ2v) is 4.93. The predicted molar refractivity (Wildman–Crippen MR) is 73.1 cm³/mol. The van der Waals surface area contributed by atoms with Crippen LogP contribution in [-0.4, -0.2) is 55.0 Å². The molecular formula is C12H18F3N5O. The quantitative estimate of drug-likeness (QED) is 0.912. The van der Waals surface area contributed by atoms with Gasteiger partial charge in [0, 0.05) is 34.3 Å². The highest BCUT2D eigenvalue weighted by molar-refractivity contribution is 5.83. The van der Waals surface area contributed by atoms with Gasteiger partial charge in [0.05, 0.1) is 0 Å². The molecule has 1 heterocycles. The highest BCUT2D eigenvalue weighted by atomic mass is 19.4. The monoisotopic (exact) mass is 305 g/mol. The molecule has 1 rings (SSSR count). The first-order valence-electron chi connectivity index (χ1n) is 6.13. The molecule has 0 bridgehead atoms. The highest BCUT2D eigenvalue weighted by Gasteiger charge is 2.34. The van der Waals surface area contributed by atoms with E-state index in [-0.39, 0.29) is 17.7 Å². The fraction of sp³-hybridized carbons (Fsp3) is 0.583. The van der Waals surface area contributed by atoms with E-state index in [1.165, 1.54) is 16.7 Å². The van der Waals surface area contributed by atoms with Gasteiger partial charge in [-0.05, 0) is 6.92 Å². The average molecular weight is 305 g/mol. The third kappa shape index (κ3) is 4.47. The summed E-state index contributed by atoms with van der Waals surface area (Å²) in [6.45, 7) is 1.53. The number of alkyl halides is 3. The molecule has 1 amide bonds. The van der Waals surface area contributed by atoms with Crippen molar-refractivity contribution in [1.29, 1.82) is 0 Å². The fourth-order valence-corrected chi connectivity index (χ4v) is 1.52. The number of hydrogen-bond donors (Lipinski definition) is 1. The van der Waals surface area contributed by atoms with E-state index in [1.807, 2.05) is 0 Å². The van der Waals surface area contributed by atoms with Gasteiger partial charge >= 0.3 is 6.18 Å². The van der Waals surface area contributed by atoms with Gasteiger partial charge in [-0.25, -0.2) is 4.98 Å². The van der Waals surface area contributed by atoms with Gasteiger partial charge in [-0.15, -0.1) is 0 Å². The van der Waals surface area contributed by atoms with Crippen molar-refractivity contribution in [3.63, 3.8) is 0 Å². The van der Waals surface area contributed by atoms with Gasteiger partial charge in [0.25, 0.3) is 0 Å². The normalized spacial score (nSPS) is 12.8. The number of carbonyl (C=O) groups is 1. The molecule has 0 radical (unpaired) electrons. The molecule has 0 fully saturated rings. The van der Waals surface area contributed by atoms with Crippen LogP contribution in [0.5, 0.6) is 0 Å². The van der Waals surface area contributed by atoms with Crippen molar-refractivity contribution in [2.75, 3.05) is 38.4 Å². The molecule has 6 nitrogen and oxygen atoms in total. The Kier molecular flexibility index (Phi) is 4.97. The second kappa shape index (κ2) is 6.15. The maximum absolute atomic E-state index is 12.8. The molecule has 0 aliphatic heterocycles. The van der Waals surface area contributed by atoms with Gasteiger partial charge < -0.3 is 15.1 Å². The number of carbonyl (C=O) groups excluding carboxylic acids is 1. The van der Waals surface area contributed by atoms with Gasteiger partial charge in [0.1, 0.15) is 11.9 Å². The van der Waals surface area contributed by atoms with Crippen molar-refractivity contribution in [2.24, 2.45) is 0 Å². The van der Waals surface area contributed by atoms with Crippen molar-refractivity contribution < 1.29 is 18.0 Å². The van der Waals surface area contributed by atoms with E-state index in [0.29, 0.717) is 0 Å². The lowest BCUT2D eigenvalue weighted by molar-refractivity contribution is -0.141. The number of anilines is 2. The number of rotatable bonds is 4. The summed E-state index contributed by atoms with van der Waals surface area (Å²) < 4.78 is 38.5. The summed E-state index contributed by atoms with van der Waals surface area (Å²) in [5.41, 5.74) is -1.06. The van der Waals surface area contributed by atoms with Gasteiger partial charge in [-0.2, -0.15) is 18.2 Å². The van der Waals surface area contributed by atoms with Crippen molar-refractivity contribution in [3.05, 3.63) is 11.8 Å². The third-order valence-corrected chi connectivity index (χ3v) is 2.62. The lowest BCUT2D eigenvalue weighted by Gasteiger charge is -2.20. The minimum absolute atomic E-state index is 0.101. The number of halogens is 3. The zero-order valence-electron chi connectivity index (χ0n) is 12.5. The van der Waals surface area contributed by atoms with E-state index >= 15 is 0 Å². The molecule has 1 aromatic rings. The first-order valence-corrected chi connectivity index (χ1v) is 6.13. The van der Waals surface area contributed by atoms with E-state index in [0.717, 1.165) is 6.07 Å². The van der Waals surface area contributed by atoms with Gasteiger partial charge in [-0.1, -0.05) is 0 Å². The number of nitrogens with one attached hydrogen (secondary N) is 1. The molecule has 0 spiro atoms. The van der Waals surface area contributed by atoms with Crippen molar-refractivity contribution >= 4 is 17.7 Å². The Hall–Kier alpha value is -2.06. The van der Waals surface area contributed by atoms with Crippen LogP contribution in [0.4, 0.5) is 24.9 Å². The summed E-state index contributed by atoms with van der Waals surface area (Å²) in [5.74, 6) is -0.428. The topological polar surface area (TPSA) is 61.4 Å². The zero-order chi connectivity index (χ0) is 16.4. The number of hydrogen-bond acceptors (Lipinski definition) is 5. The zero-order valence-corrected chi connectivity index (χ0v) is 12.5. The minimum Gasteiger partial charge on any atom is -0.363 e. The van der Waals surface area contributed by atoms with Gasteiger partial charge in [0.2, 0.25) is 11.9 Å².